The normalized spacial score (nSPS) is 10.9. The number of para-hydroxylation sites is 1. The molecule has 270 valence electrons. The van der Waals surface area contributed by atoms with Crippen LogP contribution in [0.1, 0.15) is 47.7 Å². The summed E-state index contributed by atoms with van der Waals surface area (Å²) in [6, 6.07) is 43.5. The highest BCUT2D eigenvalue weighted by Gasteiger charge is 2.35. The number of pyridine rings is 1. The fourth-order valence-corrected chi connectivity index (χ4v) is 5.83. The molecule has 2 heterocycles. The summed E-state index contributed by atoms with van der Waals surface area (Å²) in [6.45, 7) is 2.49. The smallest absolute Gasteiger partial charge is 0.234 e. The number of unbranched alkanes of at least 4 members (excludes halogenated alkanes) is 1. The average Bonchev–Trinajstić information content (AvgIpc) is 3.53. The Balaban J connectivity index is 0.000000239. The molecule has 0 aliphatic heterocycles. The second kappa shape index (κ2) is 22.0. The molecule has 0 aliphatic carbocycles. The quantitative estimate of drug-likeness (QED) is 0.0852. The van der Waals surface area contributed by atoms with Gasteiger partial charge in [0.2, 0.25) is 12.3 Å². The van der Waals surface area contributed by atoms with E-state index in [4.69, 9.17) is 10.8 Å². The maximum atomic E-state index is 11.8. The highest BCUT2D eigenvalue weighted by Crippen LogP contribution is 2.36. The van der Waals surface area contributed by atoms with Crippen LogP contribution in [0.2, 0.25) is 0 Å². The minimum Gasteiger partial charge on any atom is -0.400 e. The molecule has 1 atom stereocenters. The van der Waals surface area contributed by atoms with Crippen LogP contribution in [0.5, 0.6) is 0 Å². The van der Waals surface area contributed by atoms with Gasteiger partial charge in [0.05, 0.1) is 11.7 Å². The van der Waals surface area contributed by atoms with E-state index in [0.717, 1.165) is 65.1 Å². The molecule has 0 saturated carbocycles. The fraction of sp³-hybridized carbons (Fsp3) is 0.209. The number of aliphatic hydroxyl groups is 1. The summed E-state index contributed by atoms with van der Waals surface area (Å²) < 4.78 is 2.07. The van der Waals surface area contributed by atoms with Crippen LogP contribution in [-0.4, -0.2) is 46.4 Å². The van der Waals surface area contributed by atoms with E-state index >= 15 is 0 Å². The Morgan fingerprint density at radius 1 is 0.808 bits per heavy atom. The molecule has 2 amide bonds. The van der Waals surface area contributed by atoms with Crippen LogP contribution in [-0.2, 0) is 39.9 Å². The summed E-state index contributed by atoms with van der Waals surface area (Å²) in [5, 5.41) is 14.4. The second-order valence-electron chi connectivity index (χ2n) is 11.7. The first kappa shape index (κ1) is 40.5. The molecule has 6 aromatic rings. The summed E-state index contributed by atoms with van der Waals surface area (Å²) in [7, 11) is 3.01. The number of fused-ring (bicyclic) bond motifs is 1. The molecule has 9 nitrogen and oxygen atoms in total. The Morgan fingerprint density at radius 3 is 1.77 bits per heavy atom. The number of aryl methyl sites for hydroxylation is 1. The van der Waals surface area contributed by atoms with Crippen LogP contribution < -0.4 is 16.4 Å². The summed E-state index contributed by atoms with van der Waals surface area (Å²) in [6.07, 6.45) is 7.74. The minimum absolute atomic E-state index is 0.353. The van der Waals surface area contributed by atoms with Gasteiger partial charge in [0.25, 0.3) is 0 Å². The van der Waals surface area contributed by atoms with Crippen molar-refractivity contribution in [2.75, 3.05) is 7.11 Å². The zero-order valence-electron chi connectivity index (χ0n) is 30.1. The molecule has 4 aromatic carbocycles. The molecule has 0 aliphatic rings. The molecule has 0 spiro atoms. The van der Waals surface area contributed by atoms with Crippen molar-refractivity contribution < 1.29 is 19.5 Å². The molecule has 0 fully saturated rings. The number of aliphatic hydroxyl groups excluding tert-OH is 1. The molecular weight excluding hydrogens is 651 g/mol. The van der Waals surface area contributed by atoms with Crippen LogP contribution in [0.4, 0.5) is 0 Å². The van der Waals surface area contributed by atoms with Gasteiger partial charge in [-0.1, -0.05) is 122 Å². The van der Waals surface area contributed by atoms with Gasteiger partial charge in [-0.2, -0.15) is 0 Å². The first-order valence-corrected chi connectivity index (χ1v) is 17.2. The maximum absolute atomic E-state index is 11.8. The van der Waals surface area contributed by atoms with Crippen LogP contribution in [0.25, 0.3) is 10.9 Å². The van der Waals surface area contributed by atoms with Crippen LogP contribution >= 0.6 is 0 Å². The van der Waals surface area contributed by atoms with Gasteiger partial charge in [0, 0.05) is 50.4 Å². The van der Waals surface area contributed by atoms with Gasteiger partial charge in [-0.05, 0) is 53.3 Å². The zero-order chi connectivity index (χ0) is 37.6. The lowest BCUT2D eigenvalue weighted by molar-refractivity contribution is -0.120. The predicted octanol–water partition coefficient (Wildman–Crippen LogP) is 6.08. The lowest BCUT2D eigenvalue weighted by Crippen LogP contribution is -2.43. The van der Waals surface area contributed by atoms with Crippen molar-refractivity contribution in [3.05, 3.63) is 174 Å². The Hall–Kier alpha value is -5.90. The number of rotatable bonds is 13. The highest BCUT2D eigenvalue weighted by atomic mass is 16.2. The van der Waals surface area contributed by atoms with E-state index in [1.165, 1.54) is 0 Å². The van der Waals surface area contributed by atoms with Gasteiger partial charge in [-0.25, -0.2) is 0 Å². The molecule has 0 bridgehead atoms. The van der Waals surface area contributed by atoms with E-state index in [-0.39, 0.29) is 5.91 Å². The van der Waals surface area contributed by atoms with Crippen molar-refractivity contribution in [2.24, 2.45) is 12.8 Å². The number of carbonyl (C=O) groups is 3. The number of primary amides is 1. The summed E-state index contributed by atoms with van der Waals surface area (Å²) in [5.74, 6) is -0.353. The molecule has 9 heteroatoms. The number of nitrogens with two attached hydrogens (primary N) is 1. The van der Waals surface area contributed by atoms with E-state index in [2.05, 4.69) is 38.5 Å². The van der Waals surface area contributed by atoms with Crippen LogP contribution in [0.15, 0.2) is 146 Å². The number of hydrogen-bond acceptors (Lipinski definition) is 6. The van der Waals surface area contributed by atoms with E-state index in [9.17, 15) is 14.4 Å². The van der Waals surface area contributed by atoms with E-state index < -0.39 is 11.6 Å². The number of carbonyl (C=O) groups excluding carboxylic acids is 3. The Bertz CT molecular complexity index is 1800. The number of hydrogen-bond donors (Lipinski definition) is 4. The van der Waals surface area contributed by atoms with E-state index in [1.807, 2.05) is 135 Å². The molecule has 6 rings (SSSR count). The van der Waals surface area contributed by atoms with Crippen LogP contribution in [0, 0.1) is 0 Å². The Morgan fingerprint density at radius 2 is 1.33 bits per heavy atom. The number of aldehydes is 1. The van der Waals surface area contributed by atoms with Crippen molar-refractivity contribution >= 4 is 29.5 Å². The number of amides is 2. The van der Waals surface area contributed by atoms with Crippen molar-refractivity contribution in [3.63, 3.8) is 0 Å². The van der Waals surface area contributed by atoms with Gasteiger partial charge in [0.1, 0.15) is 11.8 Å². The lowest BCUT2D eigenvalue weighted by Gasteiger charge is -2.35. The van der Waals surface area contributed by atoms with Crippen molar-refractivity contribution in [1.29, 1.82) is 0 Å². The van der Waals surface area contributed by atoms with E-state index in [0.29, 0.717) is 19.4 Å². The maximum Gasteiger partial charge on any atom is 0.234 e. The van der Waals surface area contributed by atoms with Gasteiger partial charge in [0.15, 0.2) is 0 Å². The summed E-state index contributed by atoms with van der Waals surface area (Å²) in [5.41, 5.74) is 11.1. The van der Waals surface area contributed by atoms with Crippen LogP contribution in [0.3, 0.4) is 0 Å². The van der Waals surface area contributed by atoms with Crippen molar-refractivity contribution in [1.82, 2.24) is 20.2 Å². The lowest BCUT2D eigenvalue weighted by atomic mass is 9.77. The topological polar surface area (TPSA) is 139 Å². The number of nitrogens with zero attached hydrogens (tertiary/aromatic N) is 2. The second-order valence-corrected chi connectivity index (χ2v) is 11.7. The third kappa shape index (κ3) is 11.1. The standard InChI is InChI=1S/C20H17NO.C18H20N4O.C4H8O.CH4O/c22-16-21-20(17-10-4-1-5-11-17,18-12-6-2-7-13-18)19-14-8-3-9-15-19;1-22-12-13(15-7-2-3-8-17(15)22)10-16(18(19)23)21-11-14-6-4-5-9-20-14;1-2-3-4-5;1-2/h1-16H,(H,21,22);2-9,12,16,21H,10-11H2,1H3,(H2,19,23);4H,2-3H2,1H3;2H,1H3. The monoisotopic (exact) mass is 699 g/mol. The van der Waals surface area contributed by atoms with Gasteiger partial charge in [-0.3, -0.25) is 19.9 Å². The molecule has 1 unspecified atom stereocenters. The van der Waals surface area contributed by atoms with E-state index in [1.54, 1.807) is 6.20 Å². The molecule has 0 radical (unpaired) electrons. The van der Waals surface area contributed by atoms with Crippen molar-refractivity contribution in [2.45, 2.75) is 44.3 Å². The first-order chi connectivity index (χ1) is 25.4. The number of nitrogens with one attached hydrogen (secondary N) is 2. The van der Waals surface area contributed by atoms with Gasteiger partial charge < -0.3 is 25.5 Å². The zero-order valence-corrected chi connectivity index (χ0v) is 30.1. The predicted molar refractivity (Wildman–Crippen MR) is 208 cm³/mol. The SMILES string of the molecule is CCCC=O.CO.Cn1cc(CC(NCc2ccccn2)C(N)=O)c2ccccc21.O=CNC(c1ccccc1)(c1ccccc1)c1ccccc1. The fourth-order valence-electron chi connectivity index (χ4n) is 5.83. The summed E-state index contributed by atoms with van der Waals surface area (Å²) in [4.78, 5) is 36.9. The van der Waals surface area contributed by atoms with Gasteiger partial charge in [-0.15, -0.1) is 0 Å². The molecule has 52 heavy (non-hydrogen) atoms. The Kier molecular flexibility index (Phi) is 17.2. The van der Waals surface area contributed by atoms with Crippen molar-refractivity contribution in [3.8, 4) is 0 Å². The largest absolute Gasteiger partial charge is 0.400 e. The minimum atomic E-state index is -0.689. The third-order valence-electron chi connectivity index (χ3n) is 8.31. The summed E-state index contributed by atoms with van der Waals surface area (Å²) >= 11 is 0. The molecular formula is C43H49N5O4. The first-order valence-electron chi connectivity index (χ1n) is 17.2. The Labute approximate surface area is 306 Å². The molecule has 0 saturated heterocycles. The number of aromatic nitrogens is 2. The van der Waals surface area contributed by atoms with Gasteiger partial charge >= 0.3 is 0 Å². The third-order valence-corrected chi connectivity index (χ3v) is 8.31. The molecule has 5 N–H and O–H groups in total. The number of benzene rings is 4. The highest BCUT2D eigenvalue weighted by molar-refractivity contribution is 5.86. The average molecular weight is 700 g/mol. The molecule has 2 aromatic heterocycles.